The number of hydrogen-bond acceptors (Lipinski definition) is 7. The number of aryl methyl sites for hydroxylation is 1. The molecule has 30 heavy (non-hydrogen) atoms. The van der Waals surface area contributed by atoms with Gasteiger partial charge in [0.2, 0.25) is 5.91 Å². The summed E-state index contributed by atoms with van der Waals surface area (Å²) in [7, 11) is 0. The summed E-state index contributed by atoms with van der Waals surface area (Å²) in [5, 5.41) is 14.2. The zero-order chi connectivity index (χ0) is 21.1. The number of aromatic nitrogens is 3. The Morgan fingerprint density at radius 3 is 2.87 bits per heavy atom. The minimum absolute atomic E-state index is 0.156. The Hall–Kier alpha value is -2.65. The molecule has 1 saturated carbocycles. The lowest BCUT2D eigenvalue weighted by Crippen LogP contribution is -2.17. The second kappa shape index (κ2) is 9.01. The Balaban J connectivity index is 1.45. The minimum Gasteiger partial charge on any atom is -0.462 e. The number of carbonyl (C=O) groups is 2. The summed E-state index contributed by atoms with van der Waals surface area (Å²) in [5.74, 6) is -0.0194. The summed E-state index contributed by atoms with van der Waals surface area (Å²) in [6.07, 6.45) is 3.78. The van der Waals surface area contributed by atoms with Gasteiger partial charge < -0.3 is 10.1 Å². The summed E-state index contributed by atoms with van der Waals surface area (Å²) in [6, 6.07) is 7.93. The molecule has 0 unspecified atom stereocenters. The zero-order valence-electron chi connectivity index (χ0n) is 16.8. The molecule has 1 fully saturated rings. The quantitative estimate of drug-likeness (QED) is 0.410. The number of hydrogen-bond donors (Lipinski definition) is 1. The topological polar surface area (TPSA) is 86.1 Å². The van der Waals surface area contributed by atoms with E-state index in [1.165, 1.54) is 23.1 Å². The predicted octanol–water partition coefficient (Wildman–Crippen LogP) is 4.42. The van der Waals surface area contributed by atoms with E-state index < -0.39 is 0 Å². The highest BCUT2D eigenvalue weighted by Crippen LogP contribution is 2.46. The van der Waals surface area contributed by atoms with Crippen LogP contribution < -0.4 is 5.32 Å². The maximum atomic E-state index is 12.6. The number of thioether (sulfide) groups is 1. The summed E-state index contributed by atoms with van der Waals surface area (Å²) in [5.41, 5.74) is 3.56. The van der Waals surface area contributed by atoms with Crippen LogP contribution in [0, 0.1) is 6.92 Å². The number of benzene rings is 1. The van der Waals surface area contributed by atoms with Crippen molar-refractivity contribution in [2.75, 3.05) is 17.7 Å². The fraction of sp³-hybridized carbons (Fsp3) is 0.333. The van der Waals surface area contributed by atoms with Crippen LogP contribution in [0.4, 0.5) is 5.00 Å². The molecule has 9 heteroatoms. The highest BCUT2D eigenvalue weighted by atomic mass is 32.2. The zero-order valence-corrected chi connectivity index (χ0v) is 18.4. The number of para-hydroxylation sites is 1. The lowest BCUT2D eigenvalue weighted by molar-refractivity contribution is -0.113. The molecule has 1 aliphatic carbocycles. The molecule has 0 radical (unpaired) electrons. The molecule has 3 aromatic rings. The largest absolute Gasteiger partial charge is 0.462 e. The van der Waals surface area contributed by atoms with Crippen molar-refractivity contribution in [3.05, 3.63) is 52.7 Å². The van der Waals surface area contributed by atoms with Crippen LogP contribution in [-0.2, 0) is 9.53 Å². The van der Waals surface area contributed by atoms with Gasteiger partial charge in [-0.3, -0.25) is 9.36 Å². The number of amides is 1. The van der Waals surface area contributed by atoms with Crippen LogP contribution in [-0.4, -0.2) is 39.0 Å². The van der Waals surface area contributed by atoms with Gasteiger partial charge in [-0.1, -0.05) is 30.0 Å². The average Bonchev–Trinajstić information content (AvgIpc) is 3.32. The second-order valence-corrected chi connectivity index (χ2v) is 8.82. The molecule has 0 spiro atoms. The molecule has 4 rings (SSSR count). The normalized spacial score (nSPS) is 13.3. The Morgan fingerprint density at radius 1 is 1.33 bits per heavy atom. The van der Waals surface area contributed by atoms with Gasteiger partial charge in [0, 0.05) is 0 Å². The van der Waals surface area contributed by atoms with Gasteiger partial charge in [0.15, 0.2) is 5.16 Å². The Labute approximate surface area is 182 Å². The van der Waals surface area contributed by atoms with Gasteiger partial charge in [-0.25, -0.2) is 4.79 Å². The van der Waals surface area contributed by atoms with Crippen molar-refractivity contribution in [2.45, 2.75) is 37.8 Å². The summed E-state index contributed by atoms with van der Waals surface area (Å²) < 4.78 is 7.08. The molecule has 1 N–H and O–H groups in total. The van der Waals surface area contributed by atoms with Gasteiger partial charge >= 0.3 is 5.97 Å². The van der Waals surface area contributed by atoms with E-state index in [0.29, 0.717) is 28.2 Å². The number of rotatable bonds is 8. The van der Waals surface area contributed by atoms with Crippen LogP contribution >= 0.6 is 23.1 Å². The lowest BCUT2D eigenvalue weighted by atomic mass is 10.1. The Morgan fingerprint density at radius 2 is 2.13 bits per heavy atom. The van der Waals surface area contributed by atoms with Crippen molar-refractivity contribution in [3.8, 4) is 5.69 Å². The van der Waals surface area contributed by atoms with Crippen LogP contribution in [0.25, 0.3) is 5.69 Å². The standard InChI is InChI=1S/C21H22N4O3S2/c1-3-28-20(27)18-15(14-8-9-14)10-29-19(18)23-17(26)11-30-21-24-22-12-25(21)16-7-5-4-6-13(16)2/h4-7,10,12,14H,3,8-9,11H2,1-2H3,(H,23,26). The Bertz CT molecular complexity index is 1070. The Kier molecular flexibility index (Phi) is 6.19. The third-order valence-corrected chi connectivity index (χ3v) is 6.65. The van der Waals surface area contributed by atoms with Crippen LogP contribution in [0.2, 0.25) is 0 Å². The molecule has 2 heterocycles. The number of esters is 1. The van der Waals surface area contributed by atoms with Crippen molar-refractivity contribution < 1.29 is 14.3 Å². The second-order valence-electron chi connectivity index (χ2n) is 7.00. The fourth-order valence-electron chi connectivity index (χ4n) is 3.19. The molecule has 1 aromatic carbocycles. The maximum absolute atomic E-state index is 12.6. The summed E-state index contributed by atoms with van der Waals surface area (Å²) >= 11 is 2.68. The molecule has 2 aromatic heterocycles. The molecule has 1 aliphatic rings. The first-order chi connectivity index (χ1) is 14.6. The molecule has 0 bridgehead atoms. The average molecular weight is 443 g/mol. The van der Waals surface area contributed by atoms with E-state index >= 15 is 0 Å². The fourth-order valence-corrected chi connectivity index (χ4v) is 4.96. The van der Waals surface area contributed by atoms with E-state index in [-0.39, 0.29) is 17.6 Å². The van der Waals surface area contributed by atoms with E-state index in [1.807, 2.05) is 41.1 Å². The smallest absolute Gasteiger partial charge is 0.341 e. The van der Waals surface area contributed by atoms with Crippen LogP contribution in [0.1, 0.15) is 47.2 Å². The van der Waals surface area contributed by atoms with Crippen molar-refractivity contribution in [2.24, 2.45) is 0 Å². The number of ether oxygens (including phenoxy) is 1. The van der Waals surface area contributed by atoms with Gasteiger partial charge in [-0.05, 0) is 55.2 Å². The predicted molar refractivity (Wildman–Crippen MR) is 118 cm³/mol. The molecule has 156 valence electrons. The number of thiophene rings is 1. The number of nitrogens with zero attached hydrogens (tertiary/aromatic N) is 3. The number of anilines is 1. The summed E-state index contributed by atoms with van der Waals surface area (Å²) in [4.78, 5) is 25.1. The number of nitrogens with one attached hydrogen (secondary N) is 1. The van der Waals surface area contributed by atoms with Crippen LogP contribution in [0.5, 0.6) is 0 Å². The minimum atomic E-state index is -0.372. The molecule has 1 amide bonds. The summed E-state index contributed by atoms with van der Waals surface area (Å²) in [6.45, 7) is 4.10. The van der Waals surface area contributed by atoms with Gasteiger partial charge in [-0.15, -0.1) is 21.5 Å². The molecule has 0 aliphatic heterocycles. The van der Waals surface area contributed by atoms with Gasteiger partial charge in [0.25, 0.3) is 0 Å². The molecule has 0 atom stereocenters. The molecule has 7 nitrogen and oxygen atoms in total. The van der Waals surface area contributed by atoms with E-state index in [2.05, 4.69) is 15.5 Å². The SMILES string of the molecule is CCOC(=O)c1c(C2CC2)csc1NC(=O)CSc1nncn1-c1ccccc1C. The highest BCUT2D eigenvalue weighted by Gasteiger charge is 2.32. The first-order valence-corrected chi connectivity index (χ1v) is 11.6. The molecule has 0 saturated heterocycles. The highest BCUT2D eigenvalue weighted by molar-refractivity contribution is 7.99. The van der Waals surface area contributed by atoms with Gasteiger partial charge in [0.05, 0.1) is 23.6 Å². The van der Waals surface area contributed by atoms with Crippen LogP contribution in [0.15, 0.2) is 41.1 Å². The van der Waals surface area contributed by atoms with Crippen molar-refractivity contribution in [1.29, 1.82) is 0 Å². The van der Waals surface area contributed by atoms with Crippen molar-refractivity contribution >= 4 is 40.0 Å². The first-order valence-electron chi connectivity index (χ1n) is 9.75. The number of carbonyl (C=O) groups excluding carboxylic acids is 2. The maximum Gasteiger partial charge on any atom is 0.341 e. The van der Waals surface area contributed by atoms with E-state index in [1.54, 1.807) is 13.3 Å². The van der Waals surface area contributed by atoms with Gasteiger partial charge in [0.1, 0.15) is 11.3 Å². The monoisotopic (exact) mass is 442 g/mol. The van der Waals surface area contributed by atoms with E-state index in [4.69, 9.17) is 4.74 Å². The van der Waals surface area contributed by atoms with Crippen LogP contribution in [0.3, 0.4) is 0 Å². The third-order valence-electron chi connectivity index (χ3n) is 4.79. The third kappa shape index (κ3) is 4.41. The van der Waals surface area contributed by atoms with Crippen molar-refractivity contribution in [1.82, 2.24) is 14.8 Å². The van der Waals surface area contributed by atoms with E-state index in [0.717, 1.165) is 29.7 Å². The first kappa shape index (κ1) is 20.6. The molecular formula is C21H22N4O3S2. The van der Waals surface area contributed by atoms with Gasteiger partial charge in [-0.2, -0.15) is 0 Å². The van der Waals surface area contributed by atoms with E-state index in [9.17, 15) is 9.59 Å². The lowest BCUT2D eigenvalue weighted by Gasteiger charge is -2.10. The molecular weight excluding hydrogens is 420 g/mol. The van der Waals surface area contributed by atoms with Crippen molar-refractivity contribution in [3.63, 3.8) is 0 Å².